The normalized spacial score (nSPS) is 21.1. The molecule has 0 atom stereocenters. The van der Waals surface area contributed by atoms with Crippen LogP contribution in [-0.2, 0) is 19.5 Å². The molecule has 1 aliphatic heterocycles. The minimum Gasteiger partial charge on any atom is -0.331 e. The van der Waals surface area contributed by atoms with Crippen molar-refractivity contribution in [1.29, 1.82) is 0 Å². The summed E-state index contributed by atoms with van der Waals surface area (Å²) in [7, 11) is 0. The molecule has 0 spiro atoms. The van der Waals surface area contributed by atoms with E-state index in [0.717, 1.165) is 11.6 Å². The molecular formula is C12H19N3. The van der Waals surface area contributed by atoms with Crippen molar-refractivity contribution in [2.45, 2.75) is 57.5 Å². The van der Waals surface area contributed by atoms with Gasteiger partial charge in [-0.25, -0.2) is 4.98 Å². The van der Waals surface area contributed by atoms with Gasteiger partial charge in [-0.05, 0) is 32.1 Å². The van der Waals surface area contributed by atoms with E-state index in [1.165, 1.54) is 56.6 Å². The van der Waals surface area contributed by atoms with E-state index in [0.29, 0.717) is 6.54 Å². The largest absolute Gasteiger partial charge is 0.331 e. The number of nitrogens with zero attached hydrogens (tertiary/aromatic N) is 2. The van der Waals surface area contributed by atoms with Gasteiger partial charge in [0.2, 0.25) is 0 Å². The van der Waals surface area contributed by atoms with Crippen molar-refractivity contribution in [3.63, 3.8) is 0 Å². The number of hydrogen-bond donors (Lipinski definition) is 1. The van der Waals surface area contributed by atoms with Gasteiger partial charge in [0.25, 0.3) is 0 Å². The predicted octanol–water partition coefficient (Wildman–Crippen LogP) is 1.95. The fourth-order valence-electron chi connectivity index (χ4n) is 2.79. The van der Waals surface area contributed by atoms with Crippen LogP contribution in [0.4, 0.5) is 0 Å². The first kappa shape index (κ1) is 9.40. The molecule has 3 rings (SSSR count). The molecule has 1 fully saturated rings. The third-order valence-corrected chi connectivity index (χ3v) is 3.89. The molecule has 1 aliphatic carbocycles. The van der Waals surface area contributed by atoms with Gasteiger partial charge in [-0.3, -0.25) is 0 Å². The summed E-state index contributed by atoms with van der Waals surface area (Å²) in [5.41, 5.74) is 8.37. The highest BCUT2D eigenvalue weighted by molar-refractivity contribution is 5.22. The molecule has 1 saturated carbocycles. The Bertz CT molecular complexity index is 363. The second kappa shape index (κ2) is 3.63. The molecule has 1 aromatic rings. The topological polar surface area (TPSA) is 43.8 Å². The summed E-state index contributed by atoms with van der Waals surface area (Å²) in [6.07, 6.45) is 7.86. The zero-order valence-corrected chi connectivity index (χ0v) is 9.21. The Morgan fingerprint density at radius 3 is 2.80 bits per heavy atom. The maximum Gasteiger partial charge on any atom is 0.112 e. The molecule has 2 heterocycles. The Morgan fingerprint density at radius 2 is 2.13 bits per heavy atom. The monoisotopic (exact) mass is 205 g/mol. The molecule has 3 nitrogen and oxygen atoms in total. The van der Waals surface area contributed by atoms with Crippen molar-refractivity contribution in [1.82, 2.24) is 9.55 Å². The van der Waals surface area contributed by atoms with Crippen LogP contribution in [0, 0.1) is 0 Å². The molecule has 0 aromatic carbocycles. The van der Waals surface area contributed by atoms with E-state index >= 15 is 0 Å². The molecule has 0 saturated heterocycles. The molecule has 1 aromatic heterocycles. The van der Waals surface area contributed by atoms with E-state index in [4.69, 9.17) is 10.7 Å². The van der Waals surface area contributed by atoms with Crippen LogP contribution in [0.2, 0.25) is 0 Å². The van der Waals surface area contributed by atoms with Gasteiger partial charge in [0.1, 0.15) is 5.82 Å². The maximum absolute atomic E-state index is 5.77. The van der Waals surface area contributed by atoms with E-state index in [9.17, 15) is 0 Å². The summed E-state index contributed by atoms with van der Waals surface area (Å²) in [5.74, 6) is 2.08. The number of imidazole rings is 1. The van der Waals surface area contributed by atoms with Gasteiger partial charge in [-0.15, -0.1) is 0 Å². The first-order valence-corrected chi connectivity index (χ1v) is 6.18. The zero-order valence-electron chi connectivity index (χ0n) is 9.21. The third-order valence-electron chi connectivity index (χ3n) is 3.89. The fourth-order valence-corrected chi connectivity index (χ4v) is 2.79. The summed E-state index contributed by atoms with van der Waals surface area (Å²) < 4.78 is 2.47. The van der Waals surface area contributed by atoms with Gasteiger partial charge in [0.15, 0.2) is 0 Å². The SMILES string of the molecule is NCc1nc(C2CCC2)n2c1CCCC2. The van der Waals surface area contributed by atoms with Crippen LogP contribution in [0.5, 0.6) is 0 Å². The van der Waals surface area contributed by atoms with E-state index in [-0.39, 0.29) is 0 Å². The van der Waals surface area contributed by atoms with Crippen molar-refractivity contribution < 1.29 is 0 Å². The van der Waals surface area contributed by atoms with Gasteiger partial charge in [0.05, 0.1) is 5.69 Å². The van der Waals surface area contributed by atoms with Crippen molar-refractivity contribution >= 4 is 0 Å². The van der Waals surface area contributed by atoms with Crippen molar-refractivity contribution in [3.05, 3.63) is 17.2 Å². The quantitative estimate of drug-likeness (QED) is 0.802. The number of aromatic nitrogens is 2. The lowest BCUT2D eigenvalue weighted by atomic mass is 9.84. The Hall–Kier alpha value is -0.830. The van der Waals surface area contributed by atoms with Crippen LogP contribution < -0.4 is 5.73 Å². The molecule has 82 valence electrons. The Balaban J connectivity index is 2.01. The number of fused-ring (bicyclic) bond motifs is 1. The average molecular weight is 205 g/mol. The van der Waals surface area contributed by atoms with Gasteiger partial charge < -0.3 is 10.3 Å². The second-order valence-electron chi connectivity index (χ2n) is 4.80. The molecule has 15 heavy (non-hydrogen) atoms. The smallest absolute Gasteiger partial charge is 0.112 e. The molecule has 0 amide bonds. The minimum absolute atomic E-state index is 0.613. The summed E-state index contributed by atoms with van der Waals surface area (Å²) in [4.78, 5) is 4.77. The lowest BCUT2D eigenvalue weighted by molar-refractivity contribution is 0.376. The maximum atomic E-state index is 5.77. The lowest BCUT2D eigenvalue weighted by Gasteiger charge is -2.27. The highest BCUT2D eigenvalue weighted by Crippen LogP contribution is 2.37. The number of nitrogens with two attached hydrogens (primary N) is 1. The summed E-state index contributed by atoms with van der Waals surface area (Å²) >= 11 is 0. The summed E-state index contributed by atoms with van der Waals surface area (Å²) in [6, 6.07) is 0. The first-order valence-electron chi connectivity index (χ1n) is 6.18. The number of hydrogen-bond acceptors (Lipinski definition) is 2. The van der Waals surface area contributed by atoms with Crippen molar-refractivity contribution in [2.75, 3.05) is 0 Å². The van der Waals surface area contributed by atoms with Crippen molar-refractivity contribution in [3.8, 4) is 0 Å². The molecule has 0 unspecified atom stereocenters. The zero-order chi connectivity index (χ0) is 10.3. The van der Waals surface area contributed by atoms with E-state index in [2.05, 4.69) is 4.57 Å². The average Bonchev–Trinajstić information content (AvgIpc) is 2.55. The molecule has 3 heteroatoms. The second-order valence-corrected chi connectivity index (χ2v) is 4.80. The van der Waals surface area contributed by atoms with Gasteiger partial charge in [-0.1, -0.05) is 6.42 Å². The van der Waals surface area contributed by atoms with Crippen molar-refractivity contribution in [2.24, 2.45) is 5.73 Å². The predicted molar refractivity (Wildman–Crippen MR) is 59.6 cm³/mol. The first-order chi connectivity index (χ1) is 7.40. The molecule has 2 N–H and O–H groups in total. The molecule has 0 bridgehead atoms. The van der Waals surface area contributed by atoms with Crippen LogP contribution in [0.1, 0.15) is 55.2 Å². The summed E-state index contributed by atoms with van der Waals surface area (Å²) in [6.45, 7) is 1.79. The number of rotatable bonds is 2. The highest BCUT2D eigenvalue weighted by atomic mass is 15.1. The highest BCUT2D eigenvalue weighted by Gasteiger charge is 2.28. The van der Waals surface area contributed by atoms with Crippen LogP contribution >= 0.6 is 0 Å². The lowest BCUT2D eigenvalue weighted by Crippen LogP contribution is -2.19. The third kappa shape index (κ3) is 1.41. The fraction of sp³-hybridized carbons (Fsp3) is 0.750. The van der Waals surface area contributed by atoms with Crippen LogP contribution in [0.25, 0.3) is 0 Å². The van der Waals surface area contributed by atoms with E-state index in [1.54, 1.807) is 0 Å². The molecule has 0 radical (unpaired) electrons. The Morgan fingerprint density at radius 1 is 1.27 bits per heavy atom. The van der Waals surface area contributed by atoms with Gasteiger partial charge in [-0.2, -0.15) is 0 Å². The molecule has 2 aliphatic rings. The van der Waals surface area contributed by atoms with E-state index in [1.807, 2.05) is 0 Å². The van der Waals surface area contributed by atoms with E-state index < -0.39 is 0 Å². The van der Waals surface area contributed by atoms with Crippen LogP contribution in [0.3, 0.4) is 0 Å². The molecular weight excluding hydrogens is 186 g/mol. The minimum atomic E-state index is 0.613. The van der Waals surface area contributed by atoms with Gasteiger partial charge >= 0.3 is 0 Å². The van der Waals surface area contributed by atoms with Crippen LogP contribution in [-0.4, -0.2) is 9.55 Å². The standard InChI is InChI=1S/C12H19N3/c13-8-10-11-6-1-2-7-15(11)12(14-10)9-4-3-5-9/h9H,1-8,13H2. The Labute approximate surface area is 90.7 Å². The van der Waals surface area contributed by atoms with Crippen LogP contribution in [0.15, 0.2) is 0 Å². The Kier molecular flexibility index (Phi) is 2.28. The van der Waals surface area contributed by atoms with Gasteiger partial charge in [0, 0.05) is 24.7 Å². The summed E-state index contributed by atoms with van der Waals surface area (Å²) in [5, 5.41) is 0.